The maximum atomic E-state index is 11.0. The van der Waals surface area contributed by atoms with Gasteiger partial charge in [0.25, 0.3) is 0 Å². The van der Waals surface area contributed by atoms with Gasteiger partial charge in [0.1, 0.15) is 17.1 Å². The number of nitrogens with two attached hydrogens (primary N) is 1. The molecule has 0 heterocycles. The van der Waals surface area contributed by atoms with E-state index in [0.29, 0.717) is 18.7 Å². The van der Waals surface area contributed by atoms with Crippen LogP contribution in [0.5, 0.6) is 11.5 Å². The minimum Gasteiger partial charge on any atom is -0.496 e. The summed E-state index contributed by atoms with van der Waals surface area (Å²) in [6.07, 6.45) is 0.563. The van der Waals surface area contributed by atoms with Crippen molar-refractivity contribution in [3.05, 3.63) is 23.3 Å². The molecular weight excluding hydrogens is 210 g/mol. The van der Waals surface area contributed by atoms with Crippen LogP contribution in [0.1, 0.15) is 15.9 Å². The second-order valence-corrected chi connectivity index (χ2v) is 3.21. The molecule has 0 spiro atoms. The molecule has 0 saturated carbocycles. The summed E-state index contributed by atoms with van der Waals surface area (Å²) in [6.45, 7) is 0.432. The third-order valence-corrected chi connectivity index (χ3v) is 2.25. The van der Waals surface area contributed by atoms with Crippen molar-refractivity contribution in [1.29, 1.82) is 0 Å². The molecule has 88 valence electrons. The molecule has 1 aromatic rings. The zero-order valence-electron chi connectivity index (χ0n) is 9.32. The first-order valence-electron chi connectivity index (χ1n) is 4.82. The largest absolute Gasteiger partial charge is 0.496 e. The Balaban J connectivity index is 3.28. The maximum Gasteiger partial charge on any atom is 0.339 e. The summed E-state index contributed by atoms with van der Waals surface area (Å²) in [6, 6.07) is 3.10. The molecule has 0 aliphatic carbocycles. The van der Waals surface area contributed by atoms with Crippen molar-refractivity contribution >= 4 is 5.97 Å². The van der Waals surface area contributed by atoms with Crippen molar-refractivity contribution in [2.75, 3.05) is 20.8 Å². The number of hydrogen-bond acceptors (Lipinski definition) is 4. The third kappa shape index (κ3) is 2.43. The molecule has 1 aromatic carbocycles. The number of aromatic carboxylic acids is 1. The van der Waals surface area contributed by atoms with Gasteiger partial charge in [-0.05, 0) is 24.6 Å². The Hall–Kier alpha value is -1.75. The molecule has 0 aromatic heterocycles. The van der Waals surface area contributed by atoms with Gasteiger partial charge in [0.15, 0.2) is 0 Å². The van der Waals surface area contributed by atoms with Crippen LogP contribution in [0.2, 0.25) is 0 Å². The molecule has 5 heteroatoms. The number of carboxylic acid groups (broad SMARTS) is 1. The summed E-state index contributed by atoms with van der Waals surface area (Å²) >= 11 is 0. The van der Waals surface area contributed by atoms with Gasteiger partial charge in [-0.1, -0.05) is 0 Å². The highest BCUT2D eigenvalue weighted by Crippen LogP contribution is 2.29. The number of carboxylic acids is 1. The van der Waals surface area contributed by atoms with Crippen molar-refractivity contribution in [3.8, 4) is 11.5 Å². The van der Waals surface area contributed by atoms with Crippen molar-refractivity contribution < 1.29 is 19.4 Å². The fraction of sp³-hybridized carbons (Fsp3) is 0.364. The van der Waals surface area contributed by atoms with Gasteiger partial charge in [-0.2, -0.15) is 0 Å². The van der Waals surface area contributed by atoms with Gasteiger partial charge < -0.3 is 20.3 Å². The van der Waals surface area contributed by atoms with Crippen LogP contribution in [0.3, 0.4) is 0 Å². The standard InChI is InChI=1S/C11H15NO4/c1-15-9-6-10(16-2)8(11(13)14)5-7(9)3-4-12/h5-6H,3-4,12H2,1-2H3,(H,13,14). The Morgan fingerprint density at radius 1 is 1.31 bits per heavy atom. The Bertz CT molecular complexity index is 390. The van der Waals surface area contributed by atoms with E-state index in [2.05, 4.69) is 0 Å². The second-order valence-electron chi connectivity index (χ2n) is 3.21. The van der Waals surface area contributed by atoms with Crippen LogP contribution in [-0.4, -0.2) is 31.8 Å². The average Bonchev–Trinajstić information content (AvgIpc) is 2.28. The van der Waals surface area contributed by atoms with Crippen LogP contribution < -0.4 is 15.2 Å². The van der Waals surface area contributed by atoms with E-state index in [4.69, 9.17) is 20.3 Å². The molecule has 0 fully saturated rings. The molecule has 0 atom stereocenters. The molecule has 0 aliphatic rings. The minimum absolute atomic E-state index is 0.117. The Labute approximate surface area is 93.8 Å². The normalized spacial score (nSPS) is 9.94. The summed E-state index contributed by atoms with van der Waals surface area (Å²) in [5, 5.41) is 9.00. The third-order valence-electron chi connectivity index (χ3n) is 2.25. The molecule has 0 radical (unpaired) electrons. The average molecular weight is 225 g/mol. The van der Waals surface area contributed by atoms with Crippen molar-refractivity contribution in [2.45, 2.75) is 6.42 Å². The van der Waals surface area contributed by atoms with Gasteiger partial charge in [-0.3, -0.25) is 0 Å². The van der Waals surface area contributed by atoms with Crippen LogP contribution in [0.15, 0.2) is 12.1 Å². The lowest BCUT2D eigenvalue weighted by Crippen LogP contribution is -2.07. The minimum atomic E-state index is -1.03. The first kappa shape index (κ1) is 12.3. The molecule has 0 saturated heterocycles. The molecule has 0 bridgehead atoms. The molecule has 0 amide bonds. The quantitative estimate of drug-likeness (QED) is 0.778. The van der Waals surface area contributed by atoms with E-state index in [1.807, 2.05) is 0 Å². The molecule has 16 heavy (non-hydrogen) atoms. The Kier molecular flexibility index (Phi) is 4.13. The van der Waals surface area contributed by atoms with E-state index in [1.165, 1.54) is 20.3 Å². The van der Waals surface area contributed by atoms with E-state index < -0.39 is 5.97 Å². The number of ether oxygens (including phenoxy) is 2. The number of hydrogen-bond donors (Lipinski definition) is 2. The SMILES string of the molecule is COc1cc(OC)c(C(=O)O)cc1CCN. The lowest BCUT2D eigenvalue weighted by Gasteiger charge is -2.12. The number of carbonyl (C=O) groups is 1. The van der Waals surface area contributed by atoms with E-state index in [9.17, 15) is 4.79 Å². The summed E-state index contributed by atoms with van der Waals surface area (Å²) in [7, 11) is 2.94. The predicted molar refractivity (Wildman–Crippen MR) is 59.3 cm³/mol. The fourth-order valence-corrected chi connectivity index (χ4v) is 1.48. The lowest BCUT2D eigenvalue weighted by atomic mass is 10.1. The molecule has 0 unspecified atom stereocenters. The zero-order chi connectivity index (χ0) is 12.1. The van der Waals surface area contributed by atoms with E-state index >= 15 is 0 Å². The van der Waals surface area contributed by atoms with Gasteiger partial charge in [0.2, 0.25) is 0 Å². The van der Waals surface area contributed by atoms with E-state index in [1.54, 1.807) is 6.07 Å². The molecule has 5 nitrogen and oxygen atoms in total. The zero-order valence-corrected chi connectivity index (χ0v) is 9.32. The number of rotatable bonds is 5. The molecule has 0 aliphatic heterocycles. The Morgan fingerprint density at radius 2 is 1.94 bits per heavy atom. The van der Waals surface area contributed by atoms with Gasteiger partial charge in [-0.25, -0.2) is 4.79 Å². The maximum absolute atomic E-state index is 11.0. The fourth-order valence-electron chi connectivity index (χ4n) is 1.48. The highest BCUT2D eigenvalue weighted by molar-refractivity contribution is 5.91. The topological polar surface area (TPSA) is 81.8 Å². The second kappa shape index (κ2) is 5.37. The van der Waals surface area contributed by atoms with Crippen LogP contribution >= 0.6 is 0 Å². The molecule has 3 N–H and O–H groups in total. The summed E-state index contributed by atoms with van der Waals surface area (Å²) < 4.78 is 10.1. The summed E-state index contributed by atoms with van der Waals surface area (Å²) in [4.78, 5) is 11.0. The van der Waals surface area contributed by atoms with Gasteiger partial charge in [-0.15, -0.1) is 0 Å². The highest BCUT2D eigenvalue weighted by Gasteiger charge is 2.15. The summed E-state index contributed by atoms with van der Waals surface area (Å²) in [5.74, 6) is -0.157. The number of methoxy groups -OCH3 is 2. The smallest absolute Gasteiger partial charge is 0.339 e. The van der Waals surface area contributed by atoms with Crippen LogP contribution in [0.4, 0.5) is 0 Å². The lowest BCUT2D eigenvalue weighted by molar-refractivity contribution is 0.0693. The van der Waals surface area contributed by atoms with Gasteiger partial charge in [0, 0.05) is 6.07 Å². The summed E-state index contributed by atoms with van der Waals surface area (Å²) in [5.41, 5.74) is 6.33. The van der Waals surface area contributed by atoms with Crippen molar-refractivity contribution in [1.82, 2.24) is 0 Å². The molecular formula is C11H15NO4. The molecule has 1 rings (SSSR count). The van der Waals surface area contributed by atoms with Crippen LogP contribution in [0.25, 0.3) is 0 Å². The predicted octanol–water partition coefficient (Wildman–Crippen LogP) is 0.903. The van der Waals surface area contributed by atoms with Crippen molar-refractivity contribution in [3.63, 3.8) is 0 Å². The Morgan fingerprint density at radius 3 is 2.38 bits per heavy atom. The van der Waals surface area contributed by atoms with Gasteiger partial charge in [0.05, 0.1) is 14.2 Å². The first-order valence-corrected chi connectivity index (χ1v) is 4.82. The first-order chi connectivity index (χ1) is 7.63. The van der Waals surface area contributed by atoms with E-state index in [0.717, 1.165) is 5.56 Å². The number of benzene rings is 1. The highest BCUT2D eigenvalue weighted by atomic mass is 16.5. The van der Waals surface area contributed by atoms with Gasteiger partial charge >= 0.3 is 5.97 Å². The van der Waals surface area contributed by atoms with Crippen LogP contribution in [0, 0.1) is 0 Å². The monoisotopic (exact) mass is 225 g/mol. The van der Waals surface area contributed by atoms with Crippen molar-refractivity contribution in [2.24, 2.45) is 5.73 Å². The van der Waals surface area contributed by atoms with Crippen LogP contribution in [-0.2, 0) is 6.42 Å². The van der Waals surface area contributed by atoms with E-state index in [-0.39, 0.29) is 11.3 Å².